The van der Waals surface area contributed by atoms with Crippen LogP contribution in [0.1, 0.15) is 48.0 Å². The zero-order valence-corrected chi connectivity index (χ0v) is 16.0. The molecule has 1 aromatic carbocycles. The van der Waals surface area contributed by atoms with E-state index in [0.29, 0.717) is 10.7 Å². The zero-order valence-electron chi connectivity index (χ0n) is 14.4. The first kappa shape index (κ1) is 19.1. The molecule has 132 valence electrons. The van der Waals surface area contributed by atoms with Crippen molar-refractivity contribution in [2.75, 3.05) is 24.7 Å². The van der Waals surface area contributed by atoms with Crippen molar-refractivity contribution in [3.05, 3.63) is 29.3 Å². The highest BCUT2D eigenvalue weighted by Gasteiger charge is 2.13. The van der Waals surface area contributed by atoms with E-state index in [1.54, 1.807) is 12.1 Å². The van der Waals surface area contributed by atoms with Gasteiger partial charge in [-0.3, -0.25) is 0 Å². The first-order valence-electron chi connectivity index (χ1n) is 8.45. The number of thiocarbonyl (C=S) groups is 1. The van der Waals surface area contributed by atoms with E-state index in [2.05, 4.69) is 10.6 Å². The molecule has 0 heterocycles. The smallest absolute Gasteiger partial charge is 0.337 e. The Morgan fingerprint density at radius 2 is 2.08 bits per heavy atom. The molecule has 0 aliphatic heterocycles. The van der Waals surface area contributed by atoms with E-state index >= 15 is 0 Å². The van der Waals surface area contributed by atoms with Crippen LogP contribution in [0.5, 0.6) is 0 Å². The number of carbonyl (C=O) groups excluding carboxylic acids is 1. The summed E-state index contributed by atoms with van der Waals surface area (Å²) < 4.78 is 4.76. The van der Waals surface area contributed by atoms with Crippen molar-refractivity contribution in [3.63, 3.8) is 0 Å². The van der Waals surface area contributed by atoms with E-state index in [-0.39, 0.29) is 5.97 Å². The van der Waals surface area contributed by atoms with Crippen molar-refractivity contribution >= 4 is 40.7 Å². The summed E-state index contributed by atoms with van der Waals surface area (Å²) in [5.41, 5.74) is 2.37. The summed E-state index contributed by atoms with van der Waals surface area (Å²) in [4.78, 5) is 11.6. The lowest BCUT2D eigenvalue weighted by molar-refractivity contribution is 0.0601. The fourth-order valence-electron chi connectivity index (χ4n) is 2.79. The summed E-state index contributed by atoms with van der Waals surface area (Å²) in [5, 5.41) is 7.82. The molecule has 0 bridgehead atoms. The van der Waals surface area contributed by atoms with Crippen LogP contribution in [0.3, 0.4) is 0 Å². The van der Waals surface area contributed by atoms with Crippen LogP contribution in [0.2, 0.25) is 0 Å². The van der Waals surface area contributed by atoms with E-state index in [1.165, 1.54) is 39.2 Å². The van der Waals surface area contributed by atoms with E-state index < -0.39 is 0 Å². The third-order valence-corrected chi connectivity index (χ3v) is 5.83. The normalized spacial score (nSPS) is 14.9. The van der Waals surface area contributed by atoms with Gasteiger partial charge in [-0.25, -0.2) is 4.79 Å². The van der Waals surface area contributed by atoms with E-state index in [9.17, 15) is 4.79 Å². The molecule has 24 heavy (non-hydrogen) atoms. The van der Waals surface area contributed by atoms with Gasteiger partial charge in [0.25, 0.3) is 0 Å². The molecule has 4 nitrogen and oxygen atoms in total. The van der Waals surface area contributed by atoms with Gasteiger partial charge in [0.05, 0.1) is 12.7 Å². The Morgan fingerprint density at radius 1 is 1.33 bits per heavy atom. The Labute approximate surface area is 154 Å². The second-order valence-corrected chi connectivity index (χ2v) is 7.85. The Bertz CT molecular complexity index is 572. The number of ether oxygens (including phenoxy) is 1. The second kappa shape index (κ2) is 9.89. The molecule has 1 fully saturated rings. The molecule has 0 atom stereocenters. The molecule has 0 radical (unpaired) electrons. The highest BCUT2D eigenvalue weighted by molar-refractivity contribution is 7.99. The van der Waals surface area contributed by atoms with Crippen LogP contribution in [-0.2, 0) is 4.74 Å². The van der Waals surface area contributed by atoms with Crippen molar-refractivity contribution in [3.8, 4) is 0 Å². The number of rotatable bonds is 6. The maximum Gasteiger partial charge on any atom is 0.337 e. The average Bonchev–Trinajstić information content (AvgIpc) is 2.61. The lowest BCUT2D eigenvalue weighted by Gasteiger charge is -2.21. The van der Waals surface area contributed by atoms with Gasteiger partial charge in [0.2, 0.25) is 0 Å². The highest BCUT2D eigenvalue weighted by Crippen LogP contribution is 2.27. The quantitative estimate of drug-likeness (QED) is 0.448. The van der Waals surface area contributed by atoms with Crippen LogP contribution in [-0.4, -0.2) is 35.7 Å². The van der Waals surface area contributed by atoms with Crippen molar-refractivity contribution in [2.24, 2.45) is 0 Å². The third-order valence-electron chi connectivity index (χ3n) is 4.20. The van der Waals surface area contributed by atoms with Gasteiger partial charge in [-0.2, -0.15) is 11.8 Å². The number of nitrogens with one attached hydrogen (secondary N) is 2. The molecule has 1 aliphatic carbocycles. The average molecular weight is 367 g/mol. The standard InChI is InChI=1S/C18H26N2O2S2/c1-13-8-9-14(17(21)22-2)12-16(13)20-18(23)19-10-11-24-15-6-4-3-5-7-15/h8-9,12,15H,3-7,10-11H2,1-2H3,(H2,19,20,23). The summed E-state index contributed by atoms with van der Waals surface area (Å²) in [6.45, 7) is 2.83. The SMILES string of the molecule is COC(=O)c1ccc(C)c(NC(=S)NCCSC2CCCCC2)c1. The largest absolute Gasteiger partial charge is 0.465 e. The minimum absolute atomic E-state index is 0.346. The fourth-order valence-corrected chi connectivity index (χ4v) is 4.22. The molecular formula is C18H26N2O2S2. The fraction of sp³-hybridized carbons (Fsp3) is 0.556. The van der Waals surface area contributed by atoms with Gasteiger partial charge in [0.1, 0.15) is 0 Å². The van der Waals surface area contributed by atoms with Gasteiger partial charge in [-0.05, 0) is 49.7 Å². The summed E-state index contributed by atoms with van der Waals surface area (Å²) in [6.07, 6.45) is 6.86. The van der Waals surface area contributed by atoms with Crippen LogP contribution in [0, 0.1) is 6.92 Å². The van der Waals surface area contributed by atoms with Crippen molar-refractivity contribution < 1.29 is 9.53 Å². The van der Waals surface area contributed by atoms with Crippen molar-refractivity contribution in [1.82, 2.24) is 5.32 Å². The van der Waals surface area contributed by atoms with E-state index in [1.807, 2.05) is 24.8 Å². The lowest BCUT2D eigenvalue weighted by atomic mass is 10.0. The zero-order chi connectivity index (χ0) is 17.4. The Morgan fingerprint density at radius 3 is 2.79 bits per heavy atom. The second-order valence-electron chi connectivity index (χ2n) is 6.03. The van der Waals surface area contributed by atoms with Gasteiger partial charge in [0.15, 0.2) is 5.11 Å². The number of esters is 1. The minimum Gasteiger partial charge on any atom is -0.465 e. The molecule has 1 aromatic rings. The number of benzene rings is 1. The topological polar surface area (TPSA) is 50.4 Å². The van der Waals surface area contributed by atoms with Crippen LogP contribution in [0.15, 0.2) is 18.2 Å². The highest BCUT2D eigenvalue weighted by atomic mass is 32.2. The summed E-state index contributed by atoms with van der Waals surface area (Å²) in [5.74, 6) is 0.717. The molecule has 0 amide bonds. The van der Waals surface area contributed by atoms with Crippen LogP contribution >= 0.6 is 24.0 Å². The number of methoxy groups -OCH3 is 1. The molecule has 1 saturated carbocycles. The summed E-state index contributed by atoms with van der Waals surface area (Å²) in [7, 11) is 1.38. The molecule has 0 saturated heterocycles. The first-order valence-corrected chi connectivity index (χ1v) is 9.91. The first-order chi connectivity index (χ1) is 11.6. The molecule has 0 unspecified atom stereocenters. The molecule has 0 spiro atoms. The maximum atomic E-state index is 11.6. The number of hydrogen-bond donors (Lipinski definition) is 2. The van der Waals surface area contributed by atoms with E-state index in [0.717, 1.165) is 28.8 Å². The number of hydrogen-bond acceptors (Lipinski definition) is 4. The molecule has 0 aromatic heterocycles. The van der Waals surface area contributed by atoms with Crippen molar-refractivity contribution in [1.29, 1.82) is 0 Å². The Balaban J connectivity index is 1.76. The van der Waals surface area contributed by atoms with Gasteiger partial charge in [-0.1, -0.05) is 25.3 Å². The van der Waals surface area contributed by atoms with Crippen LogP contribution in [0.25, 0.3) is 0 Å². The van der Waals surface area contributed by atoms with Crippen LogP contribution < -0.4 is 10.6 Å². The molecule has 2 rings (SSSR count). The predicted molar refractivity (Wildman–Crippen MR) is 106 cm³/mol. The molecule has 1 aliphatic rings. The lowest BCUT2D eigenvalue weighted by Crippen LogP contribution is -2.31. The molecular weight excluding hydrogens is 340 g/mol. The molecule has 6 heteroatoms. The van der Waals surface area contributed by atoms with Gasteiger partial charge < -0.3 is 15.4 Å². The van der Waals surface area contributed by atoms with Crippen LogP contribution in [0.4, 0.5) is 5.69 Å². The Kier molecular flexibility index (Phi) is 7.85. The Hall–Kier alpha value is -1.27. The summed E-state index contributed by atoms with van der Waals surface area (Å²) in [6, 6.07) is 5.41. The number of anilines is 1. The summed E-state index contributed by atoms with van der Waals surface area (Å²) >= 11 is 7.40. The predicted octanol–water partition coefficient (Wildman–Crippen LogP) is 4.13. The minimum atomic E-state index is -0.346. The monoisotopic (exact) mass is 366 g/mol. The molecule has 2 N–H and O–H groups in total. The van der Waals surface area contributed by atoms with Gasteiger partial charge >= 0.3 is 5.97 Å². The number of aryl methyl sites for hydroxylation is 1. The third kappa shape index (κ3) is 5.98. The van der Waals surface area contributed by atoms with E-state index in [4.69, 9.17) is 17.0 Å². The van der Waals surface area contributed by atoms with Gasteiger partial charge in [-0.15, -0.1) is 0 Å². The van der Waals surface area contributed by atoms with Crippen molar-refractivity contribution in [2.45, 2.75) is 44.3 Å². The number of thioether (sulfide) groups is 1. The maximum absolute atomic E-state index is 11.6. The van der Waals surface area contributed by atoms with Gasteiger partial charge in [0, 0.05) is 23.2 Å². The number of carbonyl (C=O) groups is 1.